The number of anilines is 3. The van der Waals surface area contributed by atoms with Crippen molar-refractivity contribution in [1.29, 1.82) is 10.5 Å². The van der Waals surface area contributed by atoms with Gasteiger partial charge in [-0.15, -0.1) is 0 Å². The van der Waals surface area contributed by atoms with E-state index in [2.05, 4.69) is 85.1 Å². The second kappa shape index (κ2) is 6.58. The van der Waals surface area contributed by atoms with Crippen LogP contribution < -0.4 is 15.3 Å². The van der Waals surface area contributed by atoms with Gasteiger partial charge in [-0.1, -0.05) is 56.3 Å². The number of hydrogen-bond acceptors (Lipinski definition) is 3. The Hall–Kier alpha value is -4.34. The molecule has 32 heavy (non-hydrogen) atoms. The van der Waals surface area contributed by atoms with Crippen molar-refractivity contribution in [3.63, 3.8) is 0 Å². The maximum atomic E-state index is 9.77. The molecular weight excluding hydrogens is 390 g/mol. The molecule has 0 saturated heterocycles. The van der Waals surface area contributed by atoms with Crippen LogP contribution in [-0.2, 0) is 6.42 Å². The van der Waals surface area contributed by atoms with E-state index in [9.17, 15) is 10.5 Å². The fourth-order valence-electron chi connectivity index (χ4n) is 5.29. The predicted molar refractivity (Wildman–Crippen MR) is 132 cm³/mol. The monoisotopic (exact) mass is 409 g/mol. The molecule has 0 radical (unpaired) electrons. The summed E-state index contributed by atoms with van der Waals surface area (Å²) >= 11 is 0. The highest BCUT2D eigenvalue weighted by atomic mass is 15.2. The molecule has 3 aliphatic rings. The van der Waals surface area contributed by atoms with E-state index in [1.807, 2.05) is 6.07 Å². The van der Waals surface area contributed by atoms with Crippen LogP contribution in [0.15, 0.2) is 60.7 Å². The van der Waals surface area contributed by atoms with E-state index in [1.54, 1.807) is 0 Å². The number of hydrogen-bond donors (Lipinski definition) is 0. The Morgan fingerprint density at radius 1 is 0.875 bits per heavy atom. The zero-order chi connectivity index (χ0) is 22.0. The number of nitriles is 2. The molecule has 0 unspecified atom stereocenters. The molecule has 0 saturated carbocycles. The number of rotatable bonds is 2. The van der Waals surface area contributed by atoms with Crippen LogP contribution in [0.25, 0.3) is 44.5 Å². The lowest BCUT2D eigenvalue weighted by Gasteiger charge is -2.35. The van der Waals surface area contributed by atoms with Crippen molar-refractivity contribution < 1.29 is 0 Å². The summed E-state index contributed by atoms with van der Waals surface area (Å²) in [5, 5.41) is 27.9. The molecule has 0 bridgehead atoms. The molecule has 3 nitrogen and oxygen atoms in total. The minimum Gasteiger partial charge on any atom is -0.308 e. The second-order valence-electron chi connectivity index (χ2n) is 8.43. The molecule has 3 aromatic carbocycles. The van der Waals surface area contributed by atoms with E-state index in [4.69, 9.17) is 0 Å². The van der Waals surface area contributed by atoms with E-state index in [-0.39, 0.29) is 5.57 Å². The molecule has 3 heteroatoms. The maximum absolute atomic E-state index is 9.77. The Bertz CT molecular complexity index is 1760. The SMILES string of the molecule is C=c1cc2c3cccc4cccc(c5cc(=C(C#N)C#N)c6cc(CCC)cc1c6N25)c43. The summed E-state index contributed by atoms with van der Waals surface area (Å²) in [6, 6.07) is 25.5. The van der Waals surface area contributed by atoms with E-state index in [1.165, 1.54) is 21.7 Å². The lowest BCUT2D eigenvalue weighted by molar-refractivity contribution is 0.924. The summed E-state index contributed by atoms with van der Waals surface area (Å²) < 4.78 is 0. The van der Waals surface area contributed by atoms with Crippen molar-refractivity contribution in [3.05, 3.63) is 76.7 Å². The average molecular weight is 409 g/mol. The molecule has 0 spiro atoms. The third kappa shape index (κ3) is 2.28. The molecule has 0 atom stereocenters. The smallest absolute Gasteiger partial charge is 0.137 e. The van der Waals surface area contributed by atoms with Crippen molar-refractivity contribution in [3.8, 4) is 12.1 Å². The van der Waals surface area contributed by atoms with Crippen LogP contribution >= 0.6 is 0 Å². The highest BCUT2D eigenvalue weighted by molar-refractivity contribution is 6.24. The van der Waals surface area contributed by atoms with E-state index in [0.717, 1.165) is 51.3 Å². The van der Waals surface area contributed by atoms with Crippen LogP contribution in [-0.4, -0.2) is 0 Å². The van der Waals surface area contributed by atoms with Gasteiger partial charge in [0, 0.05) is 32.1 Å². The van der Waals surface area contributed by atoms with Crippen LogP contribution in [0.2, 0.25) is 0 Å². The first kappa shape index (κ1) is 18.4. The van der Waals surface area contributed by atoms with Gasteiger partial charge in [-0.25, -0.2) is 0 Å². The minimum atomic E-state index is 0.140. The second-order valence-corrected chi connectivity index (χ2v) is 8.43. The van der Waals surface area contributed by atoms with Crippen molar-refractivity contribution in [2.24, 2.45) is 0 Å². The summed E-state index contributed by atoms with van der Waals surface area (Å²) in [5.74, 6) is 0. The van der Waals surface area contributed by atoms with Crippen molar-refractivity contribution in [1.82, 2.24) is 0 Å². The molecular formula is C29H19N3. The molecule has 0 amide bonds. The summed E-state index contributed by atoms with van der Waals surface area (Å²) in [5.41, 5.74) is 4.46. The van der Waals surface area contributed by atoms with Gasteiger partial charge in [-0.2, -0.15) is 10.5 Å². The Morgan fingerprint density at radius 3 is 2.19 bits per heavy atom. The molecule has 0 aromatic heterocycles. The Morgan fingerprint density at radius 2 is 1.53 bits per heavy atom. The predicted octanol–water partition coefficient (Wildman–Crippen LogP) is 5.93. The fourth-order valence-corrected chi connectivity index (χ4v) is 5.29. The molecule has 0 N–H and O–H groups in total. The highest BCUT2D eigenvalue weighted by Crippen LogP contribution is 2.50. The first-order chi connectivity index (χ1) is 15.7. The summed E-state index contributed by atoms with van der Waals surface area (Å²) in [4.78, 5) is 2.29. The standard InChI is InChI=1S/C29H19N3/c1-3-6-18-12-23-17(2)11-26-21-9-4-7-19-8-5-10-22(28(19)21)27-14-24(20(15-30)16-31)25(13-18)29(23)32(26)27/h4-5,7-14H,2-3,6H2,1H3. The molecule has 6 rings (SSSR count). The van der Waals surface area contributed by atoms with Gasteiger partial charge >= 0.3 is 0 Å². The first-order valence-electron chi connectivity index (χ1n) is 10.8. The zero-order valence-corrected chi connectivity index (χ0v) is 17.7. The fraction of sp³-hybridized carbons (Fsp3) is 0.103. The first-order valence-corrected chi connectivity index (χ1v) is 10.8. The number of aryl methyl sites for hydroxylation is 1. The van der Waals surface area contributed by atoms with Crippen molar-refractivity contribution >= 4 is 61.5 Å². The molecule has 0 fully saturated rings. The third-order valence-corrected chi connectivity index (χ3v) is 6.59. The van der Waals surface area contributed by atoms with Gasteiger partial charge in [0.25, 0.3) is 0 Å². The number of benzene rings is 3. The van der Waals surface area contributed by atoms with Gasteiger partial charge in [0.05, 0.1) is 17.1 Å². The van der Waals surface area contributed by atoms with Crippen LogP contribution in [0, 0.1) is 22.7 Å². The van der Waals surface area contributed by atoms with Crippen LogP contribution in [0.3, 0.4) is 0 Å². The molecule has 3 heterocycles. The highest BCUT2D eigenvalue weighted by Gasteiger charge is 2.28. The molecule has 3 aromatic rings. The minimum absolute atomic E-state index is 0.140. The van der Waals surface area contributed by atoms with E-state index >= 15 is 0 Å². The Labute approximate surface area is 185 Å². The van der Waals surface area contributed by atoms with E-state index in [0.29, 0.717) is 5.22 Å². The van der Waals surface area contributed by atoms with Gasteiger partial charge in [0.15, 0.2) is 0 Å². The number of fused-ring (bicyclic) bond motifs is 2. The van der Waals surface area contributed by atoms with Gasteiger partial charge in [-0.05, 0) is 46.9 Å². The molecule has 150 valence electrons. The zero-order valence-electron chi connectivity index (χ0n) is 17.7. The Kier molecular flexibility index (Phi) is 3.79. The van der Waals surface area contributed by atoms with Gasteiger partial charge < -0.3 is 4.90 Å². The average Bonchev–Trinajstić information content (AvgIpc) is 2.81. The third-order valence-electron chi connectivity index (χ3n) is 6.59. The van der Waals surface area contributed by atoms with Crippen LogP contribution in [0.1, 0.15) is 18.9 Å². The number of nitrogens with zero attached hydrogens (tertiary/aromatic N) is 3. The molecule has 3 aliphatic heterocycles. The van der Waals surface area contributed by atoms with Crippen LogP contribution in [0.5, 0.6) is 0 Å². The van der Waals surface area contributed by atoms with E-state index < -0.39 is 0 Å². The van der Waals surface area contributed by atoms with Gasteiger partial charge in [0.2, 0.25) is 0 Å². The lowest BCUT2D eigenvalue weighted by Crippen LogP contribution is -2.26. The van der Waals surface area contributed by atoms with Gasteiger partial charge in [0.1, 0.15) is 17.7 Å². The molecule has 0 aliphatic carbocycles. The quantitative estimate of drug-likeness (QED) is 0.356. The topological polar surface area (TPSA) is 50.8 Å². The lowest BCUT2D eigenvalue weighted by atomic mass is 9.89. The Balaban J connectivity index is 2.00. The largest absolute Gasteiger partial charge is 0.308 e. The summed E-state index contributed by atoms with van der Waals surface area (Å²) in [7, 11) is 0. The van der Waals surface area contributed by atoms with Crippen molar-refractivity contribution in [2.75, 3.05) is 4.90 Å². The summed E-state index contributed by atoms with van der Waals surface area (Å²) in [6.07, 6.45) is 1.96. The van der Waals surface area contributed by atoms with Gasteiger partial charge in [-0.3, -0.25) is 0 Å². The normalized spacial score (nSPS) is 12.2. The van der Waals surface area contributed by atoms with Crippen molar-refractivity contribution in [2.45, 2.75) is 19.8 Å². The summed E-state index contributed by atoms with van der Waals surface area (Å²) in [6.45, 7) is 6.56. The van der Waals surface area contributed by atoms with Crippen LogP contribution in [0.4, 0.5) is 17.1 Å². The maximum Gasteiger partial charge on any atom is 0.137 e.